The topological polar surface area (TPSA) is 55.1 Å². The molecule has 0 radical (unpaired) electrons. The average Bonchev–Trinajstić information content (AvgIpc) is 2.80. The monoisotopic (exact) mass is 276 g/mol. The van der Waals surface area contributed by atoms with Gasteiger partial charge in [-0.2, -0.15) is 0 Å². The number of amides is 1. The quantitative estimate of drug-likeness (QED) is 0.828. The highest BCUT2D eigenvalue weighted by molar-refractivity contribution is 7.80. The highest BCUT2D eigenvalue weighted by Crippen LogP contribution is 2.25. The first-order chi connectivity index (χ1) is 9.06. The zero-order chi connectivity index (χ0) is 13.8. The molecule has 0 bridgehead atoms. The highest BCUT2D eigenvalue weighted by Gasteiger charge is 2.30. The van der Waals surface area contributed by atoms with Gasteiger partial charge in [0.25, 0.3) is 0 Å². The van der Waals surface area contributed by atoms with Gasteiger partial charge in [0.1, 0.15) is 0 Å². The van der Waals surface area contributed by atoms with Crippen molar-refractivity contribution in [2.45, 2.75) is 38.6 Å². The van der Waals surface area contributed by atoms with E-state index >= 15 is 0 Å². The molecule has 1 aromatic rings. The van der Waals surface area contributed by atoms with E-state index in [1.54, 1.807) is 0 Å². The summed E-state index contributed by atoms with van der Waals surface area (Å²) in [7, 11) is 0. The van der Waals surface area contributed by atoms with Crippen molar-refractivity contribution in [3.63, 3.8) is 0 Å². The molecule has 102 valence electrons. The fourth-order valence-corrected chi connectivity index (χ4v) is 2.90. The number of thiocarbonyl (C=S) groups is 1. The van der Waals surface area contributed by atoms with E-state index in [9.17, 15) is 4.79 Å². The first kappa shape index (κ1) is 14.0. The maximum absolute atomic E-state index is 12.0. The van der Waals surface area contributed by atoms with E-state index in [4.69, 9.17) is 18.0 Å². The molecule has 1 aliphatic rings. The number of nitrogens with two attached hydrogens (primary N) is 1. The maximum atomic E-state index is 12.0. The Labute approximate surface area is 119 Å². The van der Waals surface area contributed by atoms with E-state index in [0.29, 0.717) is 11.4 Å². The molecule has 1 saturated carbocycles. The van der Waals surface area contributed by atoms with Crippen molar-refractivity contribution in [3.8, 4) is 0 Å². The van der Waals surface area contributed by atoms with Crippen LogP contribution in [0.3, 0.4) is 0 Å². The van der Waals surface area contributed by atoms with Crippen LogP contribution in [0.1, 0.15) is 30.4 Å². The van der Waals surface area contributed by atoms with Crippen LogP contribution in [0.5, 0.6) is 0 Å². The number of hydrogen-bond donors (Lipinski definition) is 2. The summed E-state index contributed by atoms with van der Waals surface area (Å²) in [5.41, 5.74) is 7.95. The number of aryl methyl sites for hydroxylation is 1. The lowest BCUT2D eigenvalue weighted by Gasteiger charge is -2.19. The van der Waals surface area contributed by atoms with Crippen molar-refractivity contribution in [2.24, 2.45) is 11.7 Å². The summed E-state index contributed by atoms with van der Waals surface area (Å²) in [5, 5.41) is 3.07. The van der Waals surface area contributed by atoms with Crippen molar-refractivity contribution < 1.29 is 4.79 Å². The minimum absolute atomic E-state index is 0.0528. The van der Waals surface area contributed by atoms with E-state index in [1.807, 2.05) is 31.2 Å². The molecule has 4 heteroatoms. The summed E-state index contributed by atoms with van der Waals surface area (Å²) in [6.45, 7) is 2.04. The third-order valence-electron chi connectivity index (χ3n) is 3.71. The minimum Gasteiger partial charge on any atom is -0.393 e. The number of hydrogen-bond acceptors (Lipinski definition) is 2. The molecule has 2 unspecified atom stereocenters. The number of carbonyl (C=O) groups excluding carboxylic acids is 1. The second-order valence-electron chi connectivity index (χ2n) is 5.28. The third kappa shape index (κ3) is 3.77. The average molecular weight is 276 g/mol. The van der Waals surface area contributed by atoms with E-state index < -0.39 is 0 Å². The lowest BCUT2D eigenvalue weighted by Crippen LogP contribution is -2.42. The van der Waals surface area contributed by atoms with Gasteiger partial charge in [-0.15, -0.1) is 0 Å². The molecule has 3 N–H and O–H groups in total. The van der Waals surface area contributed by atoms with Gasteiger partial charge < -0.3 is 11.1 Å². The van der Waals surface area contributed by atoms with Gasteiger partial charge in [-0.1, -0.05) is 48.5 Å². The molecule has 0 spiro atoms. The molecular weight excluding hydrogens is 256 g/mol. The molecule has 2 atom stereocenters. The number of nitrogens with one attached hydrogen (secondary N) is 1. The Bertz CT molecular complexity index is 470. The SMILES string of the molecule is Cc1ccc(CC(=O)NC2CCCC2C(N)=S)cc1. The molecule has 1 aromatic carbocycles. The van der Waals surface area contributed by atoms with Crippen LogP contribution in [0.25, 0.3) is 0 Å². The van der Waals surface area contributed by atoms with Crippen molar-refractivity contribution in [1.82, 2.24) is 5.32 Å². The van der Waals surface area contributed by atoms with Crippen LogP contribution in [0.15, 0.2) is 24.3 Å². The van der Waals surface area contributed by atoms with Gasteiger partial charge >= 0.3 is 0 Å². The lowest BCUT2D eigenvalue weighted by molar-refractivity contribution is -0.121. The van der Waals surface area contributed by atoms with Crippen LogP contribution < -0.4 is 11.1 Å². The van der Waals surface area contributed by atoms with E-state index in [0.717, 1.165) is 24.8 Å². The molecule has 1 amide bonds. The molecule has 0 heterocycles. The Morgan fingerprint density at radius 2 is 2.05 bits per heavy atom. The molecule has 1 aliphatic carbocycles. The van der Waals surface area contributed by atoms with E-state index in [2.05, 4.69) is 5.32 Å². The predicted molar refractivity (Wildman–Crippen MR) is 80.9 cm³/mol. The van der Waals surface area contributed by atoms with Crippen molar-refractivity contribution in [3.05, 3.63) is 35.4 Å². The normalized spacial score (nSPS) is 22.2. The van der Waals surface area contributed by atoms with Crippen LogP contribution in [-0.2, 0) is 11.2 Å². The molecule has 2 rings (SSSR count). The Kier molecular flexibility index (Phi) is 4.53. The second kappa shape index (κ2) is 6.15. The summed E-state index contributed by atoms with van der Waals surface area (Å²) in [5.74, 6) is 0.217. The van der Waals surface area contributed by atoms with Gasteiger partial charge in [0.2, 0.25) is 5.91 Å². The van der Waals surface area contributed by atoms with E-state index in [-0.39, 0.29) is 17.9 Å². The van der Waals surface area contributed by atoms with Gasteiger partial charge in [0.05, 0.1) is 11.4 Å². The van der Waals surface area contributed by atoms with Crippen molar-refractivity contribution in [1.29, 1.82) is 0 Å². The highest BCUT2D eigenvalue weighted by atomic mass is 32.1. The summed E-state index contributed by atoms with van der Waals surface area (Å²) >= 11 is 5.06. The fraction of sp³-hybridized carbons (Fsp3) is 0.467. The third-order valence-corrected chi connectivity index (χ3v) is 4.02. The van der Waals surface area contributed by atoms with E-state index in [1.165, 1.54) is 5.56 Å². The minimum atomic E-state index is 0.0528. The van der Waals surface area contributed by atoms with Gasteiger partial charge in [0.15, 0.2) is 0 Å². The number of benzene rings is 1. The first-order valence-corrected chi connectivity index (χ1v) is 7.11. The lowest BCUT2D eigenvalue weighted by atomic mass is 10.0. The molecule has 19 heavy (non-hydrogen) atoms. The van der Waals surface area contributed by atoms with Gasteiger partial charge in [-0.3, -0.25) is 4.79 Å². The summed E-state index contributed by atoms with van der Waals surface area (Å²) in [6, 6.07) is 8.16. The van der Waals surface area contributed by atoms with Crippen LogP contribution in [0, 0.1) is 12.8 Å². The number of rotatable bonds is 4. The second-order valence-corrected chi connectivity index (χ2v) is 5.75. The molecule has 3 nitrogen and oxygen atoms in total. The van der Waals surface area contributed by atoms with Crippen LogP contribution in [0.4, 0.5) is 0 Å². The van der Waals surface area contributed by atoms with Gasteiger partial charge in [0, 0.05) is 12.0 Å². The van der Waals surface area contributed by atoms with Gasteiger partial charge in [-0.25, -0.2) is 0 Å². The standard InChI is InChI=1S/C15H20N2OS/c1-10-5-7-11(8-6-10)9-14(18)17-13-4-2-3-12(13)15(16)19/h5-8,12-13H,2-4,9H2,1H3,(H2,16,19)(H,17,18). The Hall–Kier alpha value is -1.42. The number of carbonyl (C=O) groups is 1. The Balaban J connectivity index is 1.90. The summed E-state index contributed by atoms with van der Waals surface area (Å²) < 4.78 is 0. The zero-order valence-electron chi connectivity index (χ0n) is 11.2. The first-order valence-electron chi connectivity index (χ1n) is 6.70. The molecule has 0 aromatic heterocycles. The maximum Gasteiger partial charge on any atom is 0.224 e. The molecule has 0 aliphatic heterocycles. The van der Waals surface area contributed by atoms with Crippen LogP contribution in [0.2, 0.25) is 0 Å². The van der Waals surface area contributed by atoms with Crippen molar-refractivity contribution in [2.75, 3.05) is 0 Å². The van der Waals surface area contributed by atoms with Crippen LogP contribution >= 0.6 is 12.2 Å². The van der Waals surface area contributed by atoms with Crippen LogP contribution in [-0.4, -0.2) is 16.9 Å². The van der Waals surface area contributed by atoms with Gasteiger partial charge in [-0.05, 0) is 25.3 Å². The molecular formula is C15H20N2OS. The smallest absolute Gasteiger partial charge is 0.224 e. The molecule has 0 saturated heterocycles. The Morgan fingerprint density at radius 3 is 2.68 bits per heavy atom. The fourth-order valence-electron chi connectivity index (χ4n) is 2.62. The molecule has 1 fully saturated rings. The summed E-state index contributed by atoms with van der Waals surface area (Å²) in [4.78, 5) is 12.6. The zero-order valence-corrected chi connectivity index (χ0v) is 12.0. The Morgan fingerprint density at radius 1 is 1.37 bits per heavy atom. The summed E-state index contributed by atoms with van der Waals surface area (Å²) in [6.07, 6.45) is 3.46. The predicted octanol–water partition coefficient (Wildman–Crippen LogP) is 2.11. The van der Waals surface area contributed by atoms with Crippen molar-refractivity contribution >= 4 is 23.1 Å². The largest absolute Gasteiger partial charge is 0.393 e.